The predicted molar refractivity (Wildman–Crippen MR) is 70.2 cm³/mol. The van der Waals surface area contributed by atoms with Crippen LogP contribution in [0.4, 0.5) is 5.69 Å². The molecule has 0 radical (unpaired) electrons. The maximum absolute atomic E-state index is 11.0. The predicted octanol–water partition coefficient (Wildman–Crippen LogP) is 2.42. The summed E-state index contributed by atoms with van der Waals surface area (Å²) in [4.78, 5) is 10.6. The Balaban J connectivity index is 2.45. The summed E-state index contributed by atoms with van der Waals surface area (Å²) in [6, 6.07) is 5.02. The van der Waals surface area contributed by atoms with Gasteiger partial charge in [-0.15, -0.1) is 5.10 Å². The monoisotopic (exact) mass is 310 g/mol. The van der Waals surface area contributed by atoms with Crippen molar-refractivity contribution < 1.29 is 4.92 Å². The van der Waals surface area contributed by atoms with Gasteiger partial charge in [0.25, 0.3) is 5.69 Å². The number of alkyl halides is 1. The molecule has 94 valence electrons. The quantitative estimate of drug-likeness (QED) is 0.494. The lowest BCUT2D eigenvalue weighted by molar-refractivity contribution is -0.384. The molecule has 1 aromatic heterocycles. The van der Waals surface area contributed by atoms with E-state index in [4.69, 9.17) is 0 Å². The molecule has 0 aliphatic rings. The molecular weight excluding hydrogens is 300 g/mol. The Morgan fingerprint density at radius 2 is 2.28 bits per heavy atom. The van der Waals surface area contributed by atoms with Crippen molar-refractivity contribution in [2.45, 2.75) is 13.3 Å². The highest BCUT2D eigenvalue weighted by atomic mass is 79.9. The molecule has 0 aliphatic heterocycles. The summed E-state index contributed by atoms with van der Waals surface area (Å²) < 4.78 is 1.44. The second kappa shape index (κ2) is 5.26. The lowest BCUT2D eigenvalue weighted by Crippen LogP contribution is -2.01. The van der Waals surface area contributed by atoms with Crippen molar-refractivity contribution in [3.63, 3.8) is 0 Å². The van der Waals surface area contributed by atoms with Crippen molar-refractivity contribution in [3.05, 3.63) is 45.8 Å². The van der Waals surface area contributed by atoms with Gasteiger partial charge in [0.2, 0.25) is 0 Å². The van der Waals surface area contributed by atoms with E-state index in [9.17, 15) is 10.1 Å². The smallest absolute Gasteiger partial charge is 0.258 e. The third kappa shape index (κ3) is 2.56. The molecule has 0 saturated heterocycles. The summed E-state index contributed by atoms with van der Waals surface area (Å²) in [5.41, 5.74) is 2.09. The Morgan fingerprint density at radius 3 is 2.94 bits per heavy atom. The molecule has 0 saturated carbocycles. The van der Waals surface area contributed by atoms with Crippen LogP contribution in [0.15, 0.2) is 24.4 Å². The standard InChI is InChI=1S/C11H11BrN4O2/c1-8-2-3-10(11(6-8)16(17)18)15-7-9(4-5-12)13-14-15/h2-3,6-7H,4-5H2,1H3. The Labute approximate surface area is 112 Å². The maximum atomic E-state index is 11.0. The molecular formula is C11H11BrN4O2. The van der Waals surface area contributed by atoms with Crippen LogP contribution in [0, 0.1) is 17.0 Å². The second-order valence-electron chi connectivity index (χ2n) is 3.84. The minimum Gasteiger partial charge on any atom is -0.258 e. The first-order valence-electron chi connectivity index (χ1n) is 5.34. The zero-order valence-corrected chi connectivity index (χ0v) is 11.3. The van der Waals surface area contributed by atoms with Gasteiger partial charge >= 0.3 is 0 Å². The number of nitro benzene ring substituents is 1. The third-order valence-corrected chi connectivity index (χ3v) is 2.86. The number of aromatic nitrogens is 3. The molecule has 7 heteroatoms. The number of halogens is 1. The van der Waals surface area contributed by atoms with Gasteiger partial charge in [-0.2, -0.15) is 0 Å². The van der Waals surface area contributed by atoms with Gasteiger partial charge < -0.3 is 0 Å². The largest absolute Gasteiger partial charge is 0.295 e. The van der Waals surface area contributed by atoms with Gasteiger partial charge in [0.05, 0.1) is 16.8 Å². The molecule has 1 heterocycles. The van der Waals surface area contributed by atoms with Gasteiger partial charge in [0.1, 0.15) is 5.69 Å². The number of rotatable bonds is 4. The van der Waals surface area contributed by atoms with E-state index in [1.54, 1.807) is 12.3 Å². The van der Waals surface area contributed by atoms with Crippen molar-refractivity contribution in [1.29, 1.82) is 0 Å². The van der Waals surface area contributed by atoms with Crippen molar-refractivity contribution in [2.75, 3.05) is 5.33 Å². The molecule has 18 heavy (non-hydrogen) atoms. The first-order chi connectivity index (χ1) is 8.61. The van der Waals surface area contributed by atoms with Gasteiger partial charge in [-0.05, 0) is 18.6 Å². The first kappa shape index (κ1) is 12.7. The van der Waals surface area contributed by atoms with Crippen LogP contribution in [0.5, 0.6) is 0 Å². The summed E-state index contributed by atoms with van der Waals surface area (Å²) in [5.74, 6) is 0. The minimum absolute atomic E-state index is 0.0327. The Kier molecular flexibility index (Phi) is 3.71. The Morgan fingerprint density at radius 1 is 1.50 bits per heavy atom. The molecule has 0 atom stereocenters. The molecule has 0 spiro atoms. The molecule has 0 aliphatic carbocycles. The molecule has 2 aromatic rings. The van der Waals surface area contributed by atoms with Gasteiger partial charge in [-0.1, -0.05) is 27.2 Å². The lowest BCUT2D eigenvalue weighted by Gasteiger charge is -2.02. The molecule has 0 bridgehead atoms. The molecule has 2 rings (SSSR count). The number of nitro groups is 1. The fourth-order valence-electron chi connectivity index (χ4n) is 1.60. The van der Waals surface area contributed by atoms with Crippen molar-refractivity contribution >= 4 is 21.6 Å². The molecule has 0 fully saturated rings. The highest BCUT2D eigenvalue weighted by Gasteiger charge is 2.16. The summed E-state index contributed by atoms with van der Waals surface area (Å²) in [6.07, 6.45) is 2.44. The van der Waals surface area contributed by atoms with E-state index >= 15 is 0 Å². The van der Waals surface area contributed by atoms with Crippen LogP contribution < -0.4 is 0 Å². The summed E-state index contributed by atoms with van der Waals surface area (Å²) in [6.45, 7) is 1.81. The van der Waals surface area contributed by atoms with Gasteiger partial charge in [0.15, 0.2) is 0 Å². The normalized spacial score (nSPS) is 10.6. The zero-order chi connectivity index (χ0) is 13.1. The first-order valence-corrected chi connectivity index (χ1v) is 6.46. The number of aryl methyl sites for hydroxylation is 2. The van der Waals surface area contributed by atoms with E-state index in [1.807, 2.05) is 13.0 Å². The minimum atomic E-state index is -0.409. The SMILES string of the molecule is Cc1ccc(-n2cc(CCBr)nn2)c([N+](=O)[O-])c1. The second-order valence-corrected chi connectivity index (χ2v) is 4.64. The lowest BCUT2D eigenvalue weighted by atomic mass is 10.2. The number of hydrogen-bond donors (Lipinski definition) is 0. The van der Waals surface area contributed by atoms with Crippen molar-refractivity contribution in [3.8, 4) is 5.69 Å². The topological polar surface area (TPSA) is 73.8 Å². The van der Waals surface area contributed by atoms with Gasteiger partial charge in [-0.25, -0.2) is 4.68 Å². The van der Waals surface area contributed by atoms with Crippen LogP contribution in [-0.4, -0.2) is 25.2 Å². The van der Waals surface area contributed by atoms with Crippen molar-refractivity contribution in [1.82, 2.24) is 15.0 Å². The Bertz CT molecular complexity index is 582. The van der Waals surface area contributed by atoms with E-state index in [0.717, 1.165) is 23.0 Å². The molecule has 1 aromatic carbocycles. The number of hydrogen-bond acceptors (Lipinski definition) is 4. The third-order valence-electron chi connectivity index (χ3n) is 2.47. The van der Waals surface area contributed by atoms with Crippen molar-refractivity contribution in [2.24, 2.45) is 0 Å². The summed E-state index contributed by atoms with van der Waals surface area (Å²) >= 11 is 3.31. The Hall–Kier alpha value is -1.76. The molecule has 0 N–H and O–H groups in total. The highest BCUT2D eigenvalue weighted by molar-refractivity contribution is 9.09. The van der Waals surface area contributed by atoms with Crippen LogP contribution in [-0.2, 0) is 6.42 Å². The fourth-order valence-corrected chi connectivity index (χ4v) is 2.01. The molecule has 0 unspecified atom stereocenters. The number of nitrogens with zero attached hydrogens (tertiary/aromatic N) is 4. The van der Waals surface area contributed by atoms with Gasteiger partial charge in [0, 0.05) is 17.8 Å². The summed E-state index contributed by atoms with van der Waals surface area (Å²) in [7, 11) is 0. The van der Waals surface area contributed by atoms with E-state index in [2.05, 4.69) is 26.2 Å². The van der Waals surface area contributed by atoms with Crippen LogP contribution >= 0.6 is 15.9 Å². The van der Waals surface area contributed by atoms with E-state index in [1.165, 1.54) is 10.7 Å². The average molecular weight is 311 g/mol. The van der Waals surface area contributed by atoms with Crippen LogP contribution in [0.2, 0.25) is 0 Å². The average Bonchev–Trinajstić information content (AvgIpc) is 2.78. The van der Waals surface area contributed by atoms with Crippen LogP contribution in [0.25, 0.3) is 5.69 Å². The van der Waals surface area contributed by atoms with Gasteiger partial charge in [-0.3, -0.25) is 10.1 Å². The number of benzene rings is 1. The van der Waals surface area contributed by atoms with Crippen LogP contribution in [0.1, 0.15) is 11.3 Å². The van der Waals surface area contributed by atoms with Crippen LogP contribution in [0.3, 0.4) is 0 Å². The summed E-state index contributed by atoms with van der Waals surface area (Å²) in [5, 5.41) is 19.7. The molecule has 0 amide bonds. The maximum Gasteiger partial charge on any atom is 0.295 e. The highest BCUT2D eigenvalue weighted by Crippen LogP contribution is 2.23. The van der Waals surface area contributed by atoms with E-state index in [-0.39, 0.29) is 5.69 Å². The van der Waals surface area contributed by atoms with E-state index < -0.39 is 4.92 Å². The zero-order valence-electron chi connectivity index (χ0n) is 9.71. The molecule has 6 nitrogen and oxygen atoms in total. The van der Waals surface area contributed by atoms with E-state index in [0.29, 0.717) is 5.69 Å². The fraction of sp³-hybridized carbons (Fsp3) is 0.273.